The Kier molecular flexibility index (Phi) is 5.54. The van der Waals surface area contributed by atoms with Crippen LogP contribution in [0.25, 0.3) is 0 Å². The first-order valence-electron chi connectivity index (χ1n) is 8.33. The van der Waals surface area contributed by atoms with Crippen molar-refractivity contribution in [1.82, 2.24) is 9.78 Å². The number of nitro groups is 1. The third-order valence-corrected chi connectivity index (χ3v) is 3.89. The van der Waals surface area contributed by atoms with E-state index < -0.39 is 10.8 Å². The maximum Gasteiger partial charge on any atom is 0.293 e. The lowest BCUT2D eigenvalue weighted by atomic mass is 10.2. The van der Waals surface area contributed by atoms with Crippen LogP contribution in [0, 0.1) is 17.0 Å². The van der Waals surface area contributed by atoms with Gasteiger partial charge in [-0.3, -0.25) is 14.9 Å². The maximum absolute atomic E-state index is 12.4. The van der Waals surface area contributed by atoms with E-state index in [9.17, 15) is 14.9 Å². The molecule has 9 nitrogen and oxygen atoms in total. The topological polar surface area (TPSA) is 109 Å². The highest BCUT2D eigenvalue weighted by Gasteiger charge is 2.18. The van der Waals surface area contributed by atoms with Crippen LogP contribution < -0.4 is 14.8 Å². The minimum absolute atomic E-state index is 0.101. The second-order valence-corrected chi connectivity index (χ2v) is 5.92. The highest BCUT2D eigenvalue weighted by molar-refractivity contribution is 6.04. The molecule has 0 aliphatic rings. The summed E-state index contributed by atoms with van der Waals surface area (Å²) < 4.78 is 12.1. The van der Waals surface area contributed by atoms with Gasteiger partial charge in [-0.1, -0.05) is 6.07 Å². The monoisotopic (exact) mass is 382 g/mol. The van der Waals surface area contributed by atoms with Gasteiger partial charge in [-0.25, -0.2) is 4.68 Å². The Bertz CT molecular complexity index is 998. The number of aryl methyl sites for hydroxylation is 1. The van der Waals surface area contributed by atoms with Crippen LogP contribution in [0.1, 0.15) is 16.1 Å². The number of nitrogens with zero attached hydrogens (tertiary/aromatic N) is 3. The molecule has 0 radical (unpaired) electrons. The predicted molar refractivity (Wildman–Crippen MR) is 102 cm³/mol. The first-order chi connectivity index (χ1) is 13.5. The molecule has 0 aliphatic carbocycles. The van der Waals surface area contributed by atoms with Crippen molar-refractivity contribution in [2.24, 2.45) is 0 Å². The summed E-state index contributed by atoms with van der Waals surface area (Å²) in [6.45, 7) is 1.84. The van der Waals surface area contributed by atoms with Gasteiger partial charge in [0.1, 0.15) is 17.2 Å². The van der Waals surface area contributed by atoms with Gasteiger partial charge in [0.05, 0.1) is 12.0 Å². The van der Waals surface area contributed by atoms with E-state index >= 15 is 0 Å². The standard InChI is InChI=1S/C19H18N4O5/c1-13-3-8-16(18(11-13)23(25)26)20-19(24)17-9-10-22(21-17)12-28-15-6-4-14(27-2)5-7-15/h3-11H,12H2,1-2H3,(H,20,24). The number of methoxy groups -OCH3 is 1. The summed E-state index contributed by atoms with van der Waals surface area (Å²) in [7, 11) is 1.58. The van der Waals surface area contributed by atoms with Crippen molar-refractivity contribution in [2.75, 3.05) is 12.4 Å². The molecule has 1 heterocycles. The van der Waals surface area contributed by atoms with Gasteiger partial charge in [0.15, 0.2) is 12.4 Å². The van der Waals surface area contributed by atoms with E-state index in [1.807, 2.05) is 0 Å². The van der Waals surface area contributed by atoms with Gasteiger partial charge in [0, 0.05) is 12.3 Å². The number of aromatic nitrogens is 2. The zero-order chi connectivity index (χ0) is 20.1. The average molecular weight is 382 g/mol. The number of hydrogen-bond acceptors (Lipinski definition) is 6. The number of nitrogens with one attached hydrogen (secondary N) is 1. The summed E-state index contributed by atoms with van der Waals surface area (Å²) in [5.41, 5.74) is 0.790. The average Bonchev–Trinajstić information content (AvgIpc) is 3.17. The van der Waals surface area contributed by atoms with E-state index in [-0.39, 0.29) is 23.8 Å². The molecule has 3 rings (SSSR count). The van der Waals surface area contributed by atoms with Crippen molar-refractivity contribution < 1.29 is 19.2 Å². The molecule has 1 N–H and O–H groups in total. The van der Waals surface area contributed by atoms with Gasteiger partial charge in [-0.15, -0.1) is 0 Å². The van der Waals surface area contributed by atoms with Crippen molar-refractivity contribution in [3.63, 3.8) is 0 Å². The van der Waals surface area contributed by atoms with Crippen LogP contribution in [0.5, 0.6) is 11.5 Å². The number of anilines is 1. The van der Waals surface area contributed by atoms with E-state index in [0.29, 0.717) is 5.75 Å². The summed E-state index contributed by atoms with van der Waals surface area (Å²) in [5.74, 6) is 0.795. The third kappa shape index (κ3) is 4.44. The summed E-state index contributed by atoms with van der Waals surface area (Å²) in [6.07, 6.45) is 1.59. The minimum atomic E-state index is -0.546. The maximum atomic E-state index is 12.4. The predicted octanol–water partition coefficient (Wildman–Crippen LogP) is 3.40. The van der Waals surface area contributed by atoms with Crippen LogP contribution in [-0.4, -0.2) is 27.7 Å². The zero-order valence-corrected chi connectivity index (χ0v) is 15.3. The molecule has 0 aliphatic heterocycles. The first kappa shape index (κ1) is 18.9. The van der Waals surface area contributed by atoms with Crippen LogP contribution in [0.3, 0.4) is 0 Å². The summed E-state index contributed by atoms with van der Waals surface area (Å²) in [4.78, 5) is 23.0. The van der Waals surface area contributed by atoms with E-state index in [0.717, 1.165) is 11.3 Å². The molecule has 0 saturated carbocycles. The van der Waals surface area contributed by atoms with E-state index in [1.165, 1.54) is 22.9 Å². The number of carbonyl (C=O) groups is 1. The Morgan fingerprint density at radius 2 is 1.89 bits per heavy atom. The zero-order valence-electron chi connectivity index (χ0n) is 15.3. The fourth-order valence-electron chi connectivity index (χ4n) is 2.45. The van der Waals surface area contributed by atoms with Gasteiger partial charge in [0.25, 0.3) is 11.6 Å². The van der Waals surface area contributed by atoms with Gasteiger partial charge in [0.2, 0.25) is 0 Å². The summed E-state index contributed by atoms with van der Waals surface area (Å²) >= 11 is 0. The number of rotatable bonds is 7. The molecule has 0 spiro atoms. The van der Waals surface area contributed by atoms with E-state index in [1.54, 1.807) is 50.6 Å². The SMILES string of the molecule is COc1ccc(OCn2ccc(C(=O)Nc3ccc(C)cc3[N+](=O)[O-])n2)cc1. The van der Waals surface area contributed by atoms with Crippen molar-refractivity contribution >= 4 is 17.3 Å². The molecule has 1 aromatic heterocycles. The normalized spacial score (nSPS) is 10.4. The lowest BCUT2D eigenvalue weighted by Gasteiger charge is -2.07. The fourth-order valence-corrected chi connectivity index (χ4v) is 2.45. The van der Waals surface area contributed by atoms with Gasteiger partial charge in [-0.2, -0.15) is 5.10 Å². The molecule has 9 heteroatoms. The molecular weight excluding hydrogens is 364 g/mol. The fraction of sp³-hybridized carbons (Fsp3) is 0.158. The van der Waals surface area contributed by atoms with Gasteiger partial charge >= 0.3 is 0 Å². The van der Waals surface area contributed by atoms with Crippen LogP contribution in [0.2, 0.25) is 0 Å². The van der Waals surface area contributed by atoms with Crippen molar-refractivity contribution in [3.05, 3.63) is 76.1 Å². The van der Waals surface area contributed by atoms with Crippen LogP contribution in [0.15, 0.2) is 54.7 Å². The minimum Gasteiger partial charge on any atom is -0.497 e. The van der Waals surface area contributed by atoms with E-state index in [2.05, 4.69) is 10.4 Å². The molecule has 28 heavy (non-hydrogen) atoms. The van der Waals surface area contributed by atoms with E-state index in [4.69, 9.17) is 9.47 Å². The number of nitro benzene ring substituents is 1. The Labute approximate surface area is 160 Å². The molecule has 144 valence electrons. The van der Waals surface area contributed by atoms with Crippen molar-refractivity contribution in [3.8, 4) is 11.5 Å². The third-order valence-electron chi connectivity index (χ3n) is 3.89. The van der Waals surface area contributed by atoms with Crippen LogP contribution in [-0.2, 0) is 6.73 Å². The lowest BCUT2D eigenvalue weighted by Crippen LogP contribution is -2.15. The highest BCUT2D eigenvalue weighted by Crippen LogP contribution is 2.25. The second kappa shape index (κ2) is 8.21. The Balaban J connectivity index is 1.64. The Morgan fingerprint density at radius 1 is 1.18 bits per heavy atom. The van der Waals surface area contributed by atoms with Gasteiger partial charge in [-0.05, 0) is 48.9 Å². The number of benzene rings is 2. The Hall–Kier alpha value is -3.88. The van der Waals surface area contributed by atoms with Gasteiger partial charge < -0.3 is 14.8 Å². The number of carbonyl (C=O) groups excluding carboxylic acids is 1. The molecule has 2 aromatic carbocycles. The van der Waals surface area contributed by atoms with Crippen LogP contribution >= 0.6 is 0 Å². The molecular formula is C19H18N4O5. The number of amides is 1. The summed E-state index contributed by atoms with van der Waals surface area (Å²) in [5, 5.41) is 17.8. The molecule has 0 unspecified atom stereocenters. The lowest BCUT2D eigenvalue weighted by molar-refractivity contribution is -0.384. The smallest absolute Gasteiger partial charge is 0.293 e. The first-order valence-corrected chi connectivity index (χ1v) is 8.33. The molecule has 0 fully saturated rings. The molecule has 0 bridgehead atoms. The molecule has 3 aromatic rings. The van der Waals surface area contributed by atoms with Crippen molar-refractivity contribution in [1.29, 1.82) is 0 Å². The summed E-state index contributed by atoms with van der Waals surface area (Å²) in [6, 6.07) is 13.1. The Morgan fingerprint density at radius 3 is 2.57 bits per heavy atom. The number of hydrogen-bond donors (Lipinski definition) is 1. The largest absolute Gasteiger partial charge is 0.497 e. The highest BCUT2D eigenvalue weighted by atomic mass is 16.6. The molecule has 0 saturated heterocycles. The molecule has 0 atom stereocenters. The van der Waals surface area contributed by atoms with Crippen molar-refractivity contribution in [2.45, 2.75) is 13.7 Å². The van der Waals surface area contributed by atoms with Crippen LogP contribution in [0.4, 0.5) is 11.4 Å². The molecule has 1 amide bonds. The second-order valence-electron chi connectivity index (χ2n) is 5.92. The number of ether oxygens (including phenoxy) is 2. The quantitative estimate of drug-likeness (QED) is 0.495.